The highest BCUT2D eigenvalue weighted by molar-refractivity contribution is 6.13. The maximum absolute atomic E-state index is 14.3. The average Bonchev–Trinajstić information content (AvgIpc) is 3.05. The van der Waals surface area contributed by atoms with Crippen LogP contribution in [-0.2, 0) is 0 Å². The van der Waals surface area contributed by atoms with Crippen LogP contribution >= 0.6 is 0 Å². The molecule has 0 radical (unpaired) electrons. The maximum Gasteiger partial charge on any atom is 0.259 e. The summed E-state index contributed by atoms with van der Waals surface area (Å²) < 4.78 is 19.5. The molecule has 0 saturated carbocycles. The van der Waals surface area contributed by atoms with Crippen LogP contribution in [-0.4, -0.2) is 16.0 Å². The van der Waals surface area contributed by atoms with Crippen LogP contribution in [0.2, 0.25) is 0 Å². The third-order valence-electron chi connectivity index (χ3n) is 4.65. The van der Waals surface area contributed by atoms with E-state index in [1.165, 1.54) is 6.07 Å². The predicted octanol–water partition coefficient (Wildman–Crippen LogP) is 5.21. The number of carbonyl (C=O) groups excluding carboxylic acids is 1. The Morgan fingerprint density at radius 2 is 1.86 bits per heavy atom. The molecular formula is C22H18FN3O2. The molecular weight excluding hydrogens is 357 g/mol. The Labute approximate surface area is 161 Å². The third kappa shape index (κ3) is 3.13. The van der Waals surface area contributed by atoms with E-state index in [9.17, 15) is 9.18 Å². The summed E-state index contributed by atoms with van der Waals surface area (Å²) in [6.07, 6.45) is 0. The number of hydrogen-bond donors (Lipinski definition) is 1. The number of anilines is 1. The molecule has 4 aromatic rings. The summed E-state index contributed by atoms with van der Waals surface area (Å²) in [6.45, 7) is 5.62. The number of amides is 1. The first-order chi connectivity index (χ1) is 13.4. The van der Waals surface area contributed by atoms with E-state index in [1.54, 1.807) is 31.2 Å². The van der Waals surface area contributed by atoms with E-state index in [2.05, 4.69) is 15.5 Å². The molecule has 2 aromatic heterocycles. The number of carbonyl (C=O) groups is 1. The number of rotatable bonds is 3. The lowest BCUT2D eigenvalue weighted by Gasteiger charge is -2.11. The molecule has 4 rings (SSSR count). The van der Waals surface area contributed by atoms with Crippen molar-refractivity contribution in [3.05, 3.63) is 76.7 Å². The van der Waals surface area contributed by atoms with Gasteiger partial charge in [-0.3, -0.25) is 4.79 Å². The second kappa shape index (κ2) is 6.88. The van der Waals surface area contributed by atoms with Gasteiger partial charge in [0, 0.05) is 11.3 Å². The van der Waals surface area contributed by atoms with Crippen molar-refractivity contribution < 1.29 is 13.7 Å². The molecule has 28 heavy (non-hydrogen) atoms. The van der Waals surface area contributed by atoms with E-state index in [0.29, 0.717) is 27.9 Å². The van der Waals surface area contributed by atoms with Crippen molar-refractivity contribution in [1.82, 2.24) is 10.1 Å². The minimum atomic E-state index is -0.425. The molecule has 0 bridgehead atoms. The molecule has 0 unspecified atom stereocenters. The van der Waals surface area contributed by atoms with Gasteiger partial charge in [0.2, 0.25) is 0 Å². The lowest BCUT2D eigenvalue weighted by molar-refractivity contribution is 0.102. The van der Waals surface area contributed by atoms with E-state index in [4.69, 9.17) is 4.52 Å². The number of aryl methyl sites for hydroxylation is 3. The minimum absolute atomic E-state index is 0.198. The van der Waals surface area contributed by atoms with Crippen LogP contribution in [0, 0.1) is 26.6 Å². The Morgan fingerprint density at radius 3 is 2.64 bits per heavy atom. The number of nitrogens with zero attached hydrogens (tertiary/aromatic N) is 2. The maximum atomic E-state index is 14.3. The molecule has 1 N–H and O–H groups in total. The quantitative estimate of drug-likeness (QED) is 0.534. The molecule has 0 fully saturated rings. The number of nitrogens with one attached hydrogen (secondary N) is 1. The number of pyridine rings is 1. The zero-order chi connectivity index (χ0) is 19.8. The van der Waals surface area contributed by atoms with Gasteiger partial charge < -0.3 is 9.84 Å². The minimum Gasteiger partial charge on any atom is -0.335 e. The van der Waals surface area contributed by atoms with Crippen molar-refractivity contribution in [1.29, 1.82) is 0 Å². The molecule has 5 nitrogen and oxygen atoms in total. The Balaban J connectivity index is 1.85. The Kier molecular flexibility index (Phi) is 4.39. The number of hydrogen-bond acceptors (Lipinski definition) is 4. The topological polar surface area (TPSA) is 68.0 Å². The summed E-state index contributed by atoms with van der Waals surface area (Å²) in [7, 11) is 0. The standard InChI is InChI=1S/C22H18FN3O2/c1-12-8-9-13(2)18(10-12)24-21(27)16-11-19(15-6-4-5-7-17(15)23)25-22-20(16)14(3)26-28-22/h4-11H,1-3H3,(H,24,27). The molecule has 2 aromatic carbocycles. The molecule has 6 heteroatoms. The highest BCUT2D eigenvalue weighted by Crippen LogP contribution is 2.29. The van der Waals surface area contributed by atoms with Crippen molar-refractivity contribution in [3.63, 3.8) is 0 Å². The van der Waals surface area contributed by atoms with E-state index >= 15 is 0 Å². The first-order valence-corrected chi connectivity index (χ1v) is 8.84. The summed E-state index contributed by atoms with van der Waals surface area (Å²) in [5.41, 5.74) is 4.39. The van der Waals surface area contributed by atoms with Crippen molar-refractivity contribution >= 4 is 22.7 Å². The molecule has 0 aliphatic rings. The summed E-state index contributed by atoms with van der Waals surface area (Å²) in [4.78, 5) is 17.5. The lowest BCUT2D eigenvalue weighted by Crippen LogP contribution is -2.14. The van der Waals surface area contributed by atoms with Gasteiger partial charge in [-0.1, -0.05) is 29.4 Å². The average molecular weight is 375 g/mol. The lowest BCUT2D eigenvalue weighted by atomic mass is 10.0. The smallest absolute Gasteiger partial charge is 0.259 e. The fourth-order valence-electron chi connectivity index (χ4n) is 3.14. The summed E-state index contributed by atoms with van der Waals surface area (Å²) in [5.74, 6) is -0.753. The molecule has 0 spiro atoms. The highest BCUT2D eigenvalue weighted by Gasteiger charge is 2.21. The Hall–Kier alpha value is -3.54. The van der Waals surface area contributed by atoms with Crippen molar-refractivity contribution in [3.8, 4) is 11.3 Å². The summed E-state index contributed by atoms with van der Waals surface area (Å²) >= 11 is 0. The fraction of sp³-hybridized carbons (Fsp3) is 0.136. The largest absolute Gasteiger partial charge is 0.335 e. The van der Waals surface area contributed by atoms with Crippen LogP contribution in [0.25, 0.3) is 22.4 Å². The zero-order valence-corrected chi connectivity index (χ0v) is 15.7. The van der Waals surface area contributed by atoms with E-state index < -0.39 is 5.82 Å². The van der Waals surface area contributed by atoms with Gasteiger partial charge in [-0.05, 0) is 56.2 Å². The highest BCUT2D eigenvalue weighted by atomic mass is 19.1. The van der Waals surface area contributed by atoms with Crippen molar-refractivity contribution in [2.75, 3.05) is 5.32 Å². The first-order valence-electron chi connectivity index (χ1n) is 8.84. The molecule has 0 aliphatic heterocycles. The molecule has 140 valence electrons. The van der Waals surface area contributed by atoms with E-state index in [1.807, 2.05) is 32.0 Å². The fourth-order valence-corrected chi connectivity index (χ4v) is 3.14. The van der Waals surface area contributed by atoms with Gasteiger partial charge >= 0.3 is 0 Å². The molecule has 0 aliphatic carbocycles. The van der Waals surface area contributed by atoms with Gasteiger partial charge in [0.15, 0.2) is 0 Å². The summed E-state index contributed by atoms with van der Waals surface area (Å²) in [6, 6.07) is 13.7. The number of benzene rings is 2. The van der Waals surface area contributed by atoms with Gasteiger partial charge in [-0.2, -0.15) is 0 Å². The van der Waals surface area contributed by atoms with Crippen molar-refractivity contribution in [2.24, 2.45) is 0 Å². The molecule has 0 atom stereocenters. The second-order valence-corrected chi connectivity index (χ2v) is 6.76. The van der Waals surface area contributed by atoms with Crippen LogP contribution in [0.4, 0.5) is 10.1 Å². The van der Waals surface area contributed by atoms with E-state index in [0.717, 1.165) is 16.8 Å². The molecule has 2 heterocycles. The Morgan fingerprint density at radius 1 is 1.07 bits per heavy atom. The van der Waals surface area contributed by atoms with Crippen LogP contribution in [0.1, 0.15) is 27.2 Å². The van der Waals surface area contributed by atoms with Crippen LogP contribution in [0.15, 0.2) is 53.1 Å². The molecule has 0 saturated heterocycles. The van der Waals surface area contributed by atoms with Crippen LogP contribution in [0.5, 0.6) is 0 Å². The van der Waals surface area contributed by atoms with Gasteiger partial charge in [0.25, 0.3) is 11.6 Å². The predicted molar refractivity (Wildman–Crippen MR) is 106 cm³/mol. The van der Waals surface area contributed by atoms with Gasteiger partial charge in [-0.25, -0.2) is 9.37 Å². The normalized spacial score (nSPS) is 11.0. The molecule has 1 amide bonds. The van der Waals surface area contributed by atoms with Crippen molar-refractivity contribution in [2.45, 2.75) is 20.8 Å². The Bertz CT molecular complexity index is 1210. The number of fused-ring (bicyclic) bond motifs is 1. The van der Waals surface area contributed by atoms with Gasteiger partial charge in [-0.15, -0.1) is 0 Å². The number of aromatic nitrogens is 2. The number of halogens is 1. The first kappa shape index (κ1) is 17.9. The summed E-state index contributed by atoms with van der Waals surface area (Å²) in [5, 5.41) is 7.38. The third-order valence-corrected chi connectivity index (χ3v) is 4.65. The second-order valence-electron chi connectivity index (χ2n) is 6.76. The van der Waals surface area contributed by atoms with Gasteiger partial charge in [0.1, 0.15) is 5.82 Å². The SMILES string of the molecule is Cc1ccc(C)c(NC(=O)c2cc(-c3ccccc3F)nc3onc(C)c23)c1. The van der Waals surface area contributed by atoms with Gasteiger partial charge in [0.05, 0.1) is 22.3 Å². The van der Waals surface area contributed by atoms with Crippen LogP contribution < -0.4 is 5.32 Å². The van der Waals surface area contributed by atoms with Crippen LogP contribution in [0.3, 0.4) is 0 Å². The van der Waals surface area contributed by atoms with E-state index in [-0.39, 0.29) is 11.6 Å². The monoisotopic (exact) mass is 375 g/mol. The zero-order valence-electron chi connectivity index (χ0n) is 15.7.